The van der Waals surface area contributed by atoms with Crippen molar-refractivity contribution in [1.29, 1.82) is 0 Å². The van der Waals surface area contributed by atoms with Gasteiger partial charge in [0.15, 0.2) is 16.8 Å². The second-order valence-electron chi connectivity index (χ2n) is 7.60. The summed E-state index contributed by atoms with van der Waals surface area (Å²) in [4.78, 5) is 32.5. The van der Waals surface area contributed by atoms with Crippen LogP contribution in [0.15, 0.2) is 53.4 Å². The van der Waals surface area contributed by atoms with E-state index in [1.54, 1.807) is 42.6 Å². The smallest absolute Gasteiger partial charge is 0.301 e. The highest BCUT2D eigenvalue weighted by atomic mass is 32.1. The number of benzene rings is 2. The van der Waals surface area contributed by atoms with Crippen molar-refractivity contribution >= 4 is 55.5 Å². The number of ketones is 1. The number of carbonyl (C=O) groups is 2. The Morgan fingerprint density at radius 1 is 1.15 bits per heavy atom. The average molecular weight is 499 g/mol. The summed E-state index contributed by atoms with van der Waals surface area (Å²) >= 11 is 2.27. The van der Waals surface area contributed by atoms with Crippen molar-refractivity contribution in [3.63, 3.8) is 0 Å². The summed E-state index contributed by atoms with van der Waals surface area (Å²) in [5.41, 5.74) is 1.11. The van der Waals surface area contributed by atoms with E-state index >= 15 is 0 Å². The number of ether oxygens (including phenoxy) is 1. The molecule has 5 rings (SSSR count). The average Bonchev–Trinajstić information content (AvgIpc) is 3.53. The number of hydrogen-bond acceptors (Lipinski definition) is 7. The number of fused-ring (bicyclic) bond motifs is 1. The van der Waals surface area contributed by atoms with Crippen LogP contribution in [0.4, 0.5) is 13.9 Å². The monoisotopic (exact) mass is 498 g/mol. The number of nitrogens with zero attached hydrogens (tertiary/aromatic N) is 2. The van der Waals surface area contributed by atoms with Gasteiger partial charge in [0.2, 0.25) is 0 Å². The van der Waals surface area contributed by atoms with Crippen molar-refractivity contribution in [1.82, 2.24) is 4.98 Å². The number of aromatic nitrogens is 1. The molecule has 1 N–H and O–H groups in total. The number of aliphatic hydroxyl groups is 1. The normalized spacial score (nSPS) is 17.6. The SMILES string of the molecule is COc1ccc(/C(O)=C2\C(=O)C(=O)N(c3nc4cc(F)c(F)cc4s3)C2c2cccs2)c(C)c1. The molecule has 4 aromatic rings. The highest BCUT2D eigenvalue weighted by Gasteiger charge is 2.48. The minimum absolute atomic E-state index is 0.0858. The Morgan fingerprint density at radius 3 is 2.59 bits per heavy atom. The molecule has 1 amide bonds. The zero-order valence-electron chi connectivity index (χ0n) is 17.8. The fourth-order valence-corrected chi connectivity index (χ4v) is 5.76. The predicted octanol–water partition coefficient (Wildman–Crippen LogP) is 5.58. The van der Waals surface area contributed by atoms with Crippen LogP contribution in [0.25, 0.3) is 16.0 Å². The first-order chi connectivity index (χ1) is 16.3. The van der Waals surface area contributed by atoms with E-state index in [0.717, 1.165) is 23.5 Å². The van der Waals surface area contributed by atoms with Crippen LogP contribution < -0.4 is 9.64 Å². The Kier molecular flexibility index (Phi) is 5.41. The largest absolute Gasteiger partial charge is 0.507 e. The van der Waals surface area contributed by atoms with Crippen LogP contribution in [0, 0.1) is 18.6 Å². The van der Waals surface area contributed by atoms with E-state index in [2.05, 4.69) is 4.98 Å². The topological polar surface area (TPSA) is 79.7 Å². The molecule has 1 saturated heterocycles. The molecule has 0 radical (unpaired) electrons. The number of amides is 1. The molecule has 1 unspecified atom stereocenters. The number of rotatable bonds is 4. The van der Waals surface area contributed by atoms with Crippen molar-refractivity contribution in [3.05, 3.63) is 81.1 Å². The van der Waals surface area contributed by atoms with Gasteiger partial charge in [-0.15, -0.1) is 11.3 Å². The summed E-state index contributed by atoms with van der Waals surface area (Å²) in [6, 6.07) is 9.49. The maximum Gasteiger partial charge on any atom is 0.301 e. The maximum absolute atomic E-state index is 13.7. The molecule has 6 nitrogen and oxygen atoms in total. The third-order valence-electron chi connectivity index (χ3n) is 5.57. The van der Waals surface area contributed by atoms with Crippen molar-refractivity contribution in [3.8, 4) is 5.75 Å². The third-order valence-corrected chi connectivity index (χ3v) is 7.51. The molecule has 0 aliphatic carbocycles. The fourth-order valence-electron chi connectivity index (χ4n) is 3.93. The molecule has 10 heteroatoms. The van der Waals surface area contributed by atoms with Crippen LogP contribution in [0.3, 0.4) is 0 Å². The Balaban J connectivity index is 1.71. The first-order valence-electron chi connectivity index (χ1n) is 10.0. The molecule has 172 valence electrons. The van der Waals surface area contributed by atoms with Gasteiger partial charge in [0.25, 0.3) is 5.78 Å². The predicted molar refractivity (Wildman–Crippen MR) is 126 cm³/mol. The van der Waals surface area contributed by atoms with E-state index in [-0.39, 0.29) is 22.0 Å². The molecule has 1 fully saturated rings. The molecule has 0 bridgehead atoms. The van der Waals surface area contributed by atoms with E-state index < -0.39 is 29.4 Å². The van der Waals surface area contributed by atoms with Crippen LogP contribution in [0.2, 0.25) is 0 Å². The van der Waals surface area contributed by atoms with E-state index in [0.29, 0.717) is 26.5 Å². The van der Waals surface area contributed by atoms with Gasteiger partial charge in [-0.3, -0.25) is 14.5 Å². The second kappa shape index (κ2) is 8.30. The van der Waals surface area contributed by atoms with E-state index in [4.69, 9.17) is 4.74 Å². The van der Waals surface area contributed by atoms with Gasteiger partial charge in [0.05, 0.1) is 22.9 Å². The molecule has 1 aliphatic heterocycles. The van der Waals surface area contributed by atoms with Gasteiger partial charge in [-0.05, 0) is 48.2 Å². The number of methoxy groups -OCH3 is 1. The zero-order chi connectivity index (χ0) is 24.1. The van der Waals surface area contributed by atoms with Gasteiger partial charge in [-0.25, -0.2) is 13.8 Å². The Bertz CT molecular complexity index is 1460. The molecule has 34 heavy (non-hydrogen) atoms. The fraction of sp³-hybridized carbons (Fsp3) is 0.125. The number of carbonyl (C=O) groups excluding carboxylic acids is 2. The van der Waals surface area contributed by atoms with E-state index in [1.807, 2.05) is 0 Å². The molecule has 2 aromatic carbocycles. The van der Waals surface area contributed by atoms with Gasteiger partial charge in [0.1, 0.15) is 17.6 Å². The molecular weight excluding hydrogens is 482 g/mol. The third kappa shape index (κ3) is 3.46. The number of aryl methyl sites for hydroxylation is 1. The molecule has 0 spiro atoms. The van der Waals surface area contributed by atoms with Crippen molar-refractivity contribution in [2.45, 2.75) is 13.0 Å². The number of thiophene rings is 1. The van der Waals surface area contributed by atoms with Gasteiger partial charge >= 0.3 is 5.91 Å². The lowest BCUT2D eigenvalue weighted by molar-refractivity contribution is -0.132. The van der Waals surface area contributed by atoms with Crippen LogP contribution in [-0.4, -0.2) is 28.9 Å². The molecule has 3 heterocycles. The minimum atomic E-state index is -1.06. The van der Waals surface area contributed by atoms with Crippen LogP contribution in [0.1, 0.15) is 22.0 Å². The zero-order valence-corrected chi connectivity index (χ0v) is 19.5. The lowest BCUT2D eigenvalue weighted by atomic mass is 9.97. The van der Waals surface area contributed by atoms with Crippen molar-refractivity contribution in [2.24, 2.45) is 0 Å². The van der Waals surface area contributed by atoms with Crippen LogP contribution in [-0.2, 0) is 9.59 Å². The summed E-state index contributed by atoms with van der Waals surface area (Å²) in [5.74, 6) is -3.59. The quantitative estimate of drug-likeness (QED) is 0.226. The lowest BCUT2D eigenvalue weighted by Gasteiger charge is -2.21. The van der Waals surface area contributed by atoms with E-state index in [1.165, 1.54) is 23.3 Å². The first-order valence-corrected chi connectivity index (χ1v) is 11.7. The van der Waals surface area contributed by atoms with Crippen LogP contribution in [0.5, 0.6) is 5.75 Å². The Labute approximate surface area is 200 Å². The van der Waals surface area contributed by atoms with Crippen molar-refractivity contribution < 1.29 is 28.2 Å². The standard InChI is InChI=1S/C24H16F2N2O4S2/c1-11-8-12(32-2)5-6-13(11)21(29)19-20(17-4-3-7-33-17)28(23(31)22(19)30)24-27-16-9-14(25)15(26)10-18(16)34-24/h3-10,20,29H,1-2H3/b21-19+. The Hall–Kier alpha value is -3.63. The number of aliphatic hydroxyl groups excluding tert-OH is 1. The number of thiazole rings is 1. The summed E-state index contributed by atoms with van der Waals surface area (Å²) < 4.78 is 33.0. The summed E-state index contributed by atoms with van der Waals surface area (Å²) in [7, 11) is 1.52. The summed E-state index contributed by atoms with van der Waals surface area (Å²) in [5, 5.41) is 13.1. The van der Waals surface area contributed by atoms with Gasteiger partial charge < -0.3 is 9.84 Å². The maximum atomic E-state index is 13.7. The number of anilines is 1. The summed E-state index contributed by atoms with van der Waals surface area (Å²) in [6.45, 7) is 1.75. The first kappa shape index (κ1) is 22.2. The molecular formula is C24H16F2N2O4S2. The molecule has 0 saturated carbocycles. The number of Topliss-reactive ketones (excluding diaryl/α,β-unsaturated/α-hetero) is 1. The lowest BCUT2D eigenvalue weighted by Crippen LogP contribution is -2.28. The number of hydrogen-bond donors (Lipinski definition) is 1. The second-order valence-corrected chi connectivity index (χ2v) is 9.58. The van der Waals surface area contributed by atoms with Crippen molar-refractivity contribution in [2.75, 3.05) is 12.0 Å². The molecule has 2 aromatic heterocycles. The molecule has 1 aliphatic rings. The van der Waals surface area contributed by atoms with Gasteiger partial charge in [-0.2, -0.15) is 0 Å². The number of halogens is 2. The minimum Gasteiger partial charge on any atom is -0.507 e. The molecule has 1 atom stereocenters. The van der Waals surface area contributed by atoms with Gasteiger partial charge in [-0.1, -0.05) is 17.4 Å². The highest BCUT2D eigenvalue weighted by molar-refractivity contribution is 7.22. The van der Waals surface area contributed by atoms with Gasteiger partial charge in [0, 0.05) is 16.5 Å². The summed E-state index contributed by atoms with van der Waals surface area (Å²) in [6.07, 6.45) is 0. The van der Waals surface area contributed by atoms with Crippen LogP contribution >= 0.6 is 22.7 Å². The van der Waals surface area contributed by atoms with E-state index in [9.17, 15) is 23.5 Å². The highest BCUT2D eigenvalue weighted by Crippen LogP contribution is 2.45. The Morgan fingerprint density at radius 2 is 1.91 bits per heavy atom.